The first-order valence-electron chi connectivity index (χ1n) is 14.5. The first-order valence-corrected chi connectivity index (χ1v) is 15.6. The number of hydrogen-bond donors (Lipinski definition) is 3. The van der Waals surface area contributed by atoms with E-state index in [0.717, 1.165) is 5.56 Å². The fourth-order valence-electron chi connectivity index (χ4n) is 4.54. The van der Waals surface area contributed by atoms with E-state index in [-0.39, 0.29) is 31.5 Å². The fourth-order valence-corrected chi connectivity index (χ4v) is 5.38. The Kier molecular flexibility index (Phi) is 12.6. The molecule has 0 saturated carbocycles. The number of allylic oxidation sites excluding steroid dienone is 1. The number of para-hydroxylation sites is 1. The summed E-state index contributed by atoms with van der Waals surface area (Å²) in [5, 5.41) is 11.0. The number of hydrogen-bond acceptors (Lipinski definition) is 9. The molecule has 0 radical (unpaired) electrons. The van der Waals surface area contributed by atoms with Gasteiger partial charge < -0.3 is 29.6 Å². The fraction of sp³-hybridized carbons (Fsp3) is 0.242. The van der Waals surface area contributed by atoms with E-state index >= 15 is 0 Å². The summed E-state index contributed by atoms with van der Waals surface area (Å²) in [7, 11) is 0. The number of benzene rings is 3. The molecule has 0 saturated heterocycles. The van der Waals surface area contributed by atoms with E-state index < -0.39 is 23.9 Å². The summed E-state index contributed by atoms with van der Waals surface area (Å²) in [4.78, 5) is 37.4. The highest BCUT2D eigenvalue weighted by Gasteiger charge is 2.32. The van der Waals surface area contributed by atoms with Gasteiger partial charge in [-0.3, -0.25) is 4.79 Å². The quantitative estimate of drug-likeness (QED) is 0.0891. The van der Waals surface area contributed by atoms with Crippen molar-refractivity contribution in [1.29, 1.82) is 0 Å². The molecule has 0 aliphatic carbocycles. The minimum Gasteiger partial charge on any atom is -0.487 e. The van der Waals surface area contributed by atoms with Crippen molar-refractivity contribution in [3.05, 3.63) is 104 Å². The number of esters is 2. The van der Waals surface area contributed by atoms with E-state index in [0.29, 0.717) is 49.6 Å². The Bertz CT molecular complexity index is 1710. The predicted octanol–water partition coefficient (Wildman–Crippen LogP) is 5.63. The topological polar surface area (TPSA) is 137 Å². The Morgan fingerprint density at radius 1 is 0.979 bits per heavy atom. The van der Waals surface area contributed by atoms with Crippen LogP contribution in [0.4, 0.5) is 0 Å². The standard InChI is InChI=1S/C33H32Cl2N4O7S/c1-4-43-31(41)21-12-10-20(11-13-21)17-46-30-22(14-23(34)15-25(30)35)16-36-39-27(40)18-45-26-9-7-6-8-24(26)29-28(32(42)44-5-2)19(3)37-33(47)38-29/h6-16,29H,4-5,17-18H2,1-3H3,(H,39,40)(H2,37,38,47)/t29-/m0/s1. The van der Waals surface area contributed by atoms with Crippen LogP contribution >= 0.6 is 35.4 Å². The summed E-state index contributed by atoms with van der Waals surface area (Å²) in [5.41, 5.74) is 5.52. The average molecular weight is 700 g/mol. The molecule has 1 atom stereocenters. The smallest absolute Gasteiger partial charge is 0.338 e. The number of carbonyl (C=O) groups is 3. The number of carbonyl (C=O) groups excluding carboxylic acids is 3. The van der Waals surface area contributed by atoms with Crippen LogP contribution in [0, 0.1) is 0 Å². The molecule has 0 unspecified atom stereocenters. The third-order valence-electron chi connectivity index (χ3n) is 6.63. The van der Waals surface area contributed by atoms with Crippen molar-refractivity contribution in [2.75, 3.05) is 19.8 Å². The van der Waals surface area contributed by atoms with Crippen molar-refractivity contribution in [3.8, 4) is 11.5 Å². The van der Waals surface area contributed by atoms with Gasteiger partial charge in [0.2, 0.25) is 0 Å². The second kappa shape index (κ2) is 16.8. The SMILES string of the molecule is CCOC(=O)C1=C(C)NC(=S)N[C@H]1c1ccccc1OCC(=O)NN=Cc1cc(Cl)cc(Cl)c1OCc1ccc(C(=O)OCC)cc1. The zero-order chi connectivity index (χ0) is 33.9. The van der Waals surface area contributed by atoms with Crippen LogP contribution in [0.3, 0.4) is 0 Å². The Morgan fingerprint density at radius 3 is 2.40 bits per heavy atom. The van der Waals surface area contributed by atoms with E-state index in [9.17, 15) is 14.4 Å². The largest absolute Gasteiger partial charge is 0.487 e. The van der Waals surface area contributed by atoms with Crippen LogP contribution < -0.4 is 25.5 Å². The van der Waals surface area contributed by atoms with Gasteiger partial charge in [-0.2, -0.15) is 5.10 Å². The number of nitrogens with zero attached hydrogens (tertiary/aromatic N) is 1. The molecule has 246 valence electrons. The monoisotopic (exact) mass is 698 g/mol. The molecule has 0 fully saturated rings. The van der Waals surface area contributed by atoms with Gasteiger partial charge in [-0.1, -0.05) is 53.5 Å². The molecule has 1 aliphatic heterocycles. The number of hydrazone groups is 1. The van der Waals surface area contributed by atoms with Gasteiger partial charge in [0.05, 0.1) is 41.6 Å². The molecule has 3 N–H and O–H groups in total. The van der Waals surface area contributed by atoms with Crippen LogP contribution in [-0.2, 0) is 25.7 Å². The van der Waals surface area contributed by atoms with Crippen LogP contribution in [0.2, 0.25) is 10.0 Å². The van der Waals surface area contributed by atoms with Gasteiger partial charge >= 0.3 is 11.9 Å². The van der Waals surface area contributed by atoms with Crippen LogP contribution in [0.1, 0.15) is 53.9 Å². The maximum atomic E-state index is 12.8. The molecule has 0 spiro atoms. The molecule has 0 bridgehead atoms. The molecule has 11 nitrogen and oxygen atoms in total. The first-order chi connectivity index (χ1) is 22.6. The second-order valence-electron chi connectivity index (χ2n) is 9.92. The maximum absolute atomic E-state index is 12.8. The van der Waals surface area contributed by atoms with Gasteiger partial charge in [0.15, 0.2) is 11.7 Å². The third kappa shape index (κ3) is 9.44. The summed E-state index contributed by atoms with van der Waals surface area (Å²) < 4.78 is 22.1. The van der Waals surface area contributed by atoms with Gasteiger partial charge in [0.25, 0.3) is 5.91 Å². The van der Waals surface area contributed by atoms with E-state index in [1.54, 1.807) is 75.4 Å². The van der Waals surface area contributed by atoms with E-state index in [1.165, 1.54) is 12.3 Å². The van der Waals surface area contributed by atoms with Crippen molar-refractivity contribution in [2.45, 2.75) is 33.4 Å². The number of ether oxygens (including phenoxy) is 4. The van der Waals surface area contributed by atoms with E-state index in [1.807, 2.05) is 0 Å². The number of amides is 1. The average Bonchev–Trinajstić information content (AvgIpc) is 3.03. The number of halogens is 2. The molecule has 1 aliphatic rings. The van der Waals surface area contributed by atoms with Crippen LogP contribution in [0.5, 0.6) is 11.5 Å². The first kappa shape index (κ1) is 35.2. The molecule has 1 amide bonds. The molecular formula is C33H32Cl2N4O7S. The normalized spacial score (nSPS) is 14.2. The summed E-state index contributed by atoms with van der Waals surface area (Å²) in [5.74, 6) is -0.817. The highest BCUT2D eigenvalue weighted by Crippen LogP contribution is 2.34. The number of thiocarbonyl (C=S) groups is 1. The molecule has 3 aromatic rings. The van der Waals surface area contributed by atoms with Crippen LogP contribution in [0.15, 0.2) is 77.0 Å². The van der Waals surface area contributed by atoms with Crippen molar-refractivity contribution in [1.82, 2.24) is 16.1 Å². The van der Waals surface area contributed by atoms with Gasteiger partial charge in [-0.15, -0.1) is 0 Å². The van der Waals surface area contributed by atoms with Gasteiger partial charge in [0.1, 0.15) is 18.1 Å². The minimum absolute atomic E-state index is 0.133. The predicted molar refractivity (Wildman–Crippen MR) is 182 cm³/mol. The molecule has 14 heteroatoms. The molecule has 3 aromatic carbocycles. The van der Waals surface area contributed by atoms with Crippen molar-refractivity contribution in [3.63, 3.8) is 0 Å². The maximum Gasteiger partial charge on any atom is 0.338 e. The molecule has 47 heavy (non-hydrogen) atoms. The lowest BCUT2D eigenvalue weighted by molar-refractivity contribution is -0.139. The van der Waals surface area contributed by atoms with Gasteiger partial charge in [0, 0.05) is 21.8 Å². The summed E-state index contributed by atoms with van der Waals surface area (Å²) >= 11 is 17.9. The third-order valence-corrected chi connectivity index (χ3v) is 7.35. The van der Waals surface area contributed by atoms with E-state index in [2.05, 4.69) is 21.2 Å². The molecular weight excluding hydrogens is 667 g/mol. The summed E-state index contributed by atoms with van der Waals surface area (Å²) in [6, 6.07) is 16.2. The Labute approximate surface area is 287 Å². The minimum atomic E-state index is -0.665. The lowest BCUT2D eigenvalue weighted by Crippen LogP contribution is -2.45. The summed E-state index contributed by atoms with van der Waals surface area (Å²) in [6.45, 7) is 5.43. The zero-order valence-corrected chi connectivity index (χ0v) is 28.1. The van der Waals surface area contributed by atoms with Crippen LogP contribution in [-0.4, -0.2) is 49.0 Å². The molecule has 4 rings (SSSR count). The van der Waals surface area contributed by atoms with Crippen molar-refractivity contribution >= 4 is 64.6 Å². The Hall–Kier alpha value is -4.65. The molecule has 1 heterocycles. The summed E-state index contributed by atoms with van der Waals surface area (Å²) in [6.07, 6.45) is 1.35. The highest BCUT2D eigenvalue weighted by atomic mass is 35.5. The Balaban J connectivity index is 1.41. The van der Waals surface area contributed by atoms with Gasteiger partial charge in [-0.05, 0) is 68.9 Å². The highest BCUT2D eigenvalue weighted by molar-refractivity contribution is 7.80. The lowest BCUT2D eigenvalue weighted by atomic mass is 9.95. The van der Waals surface area contributed by atoms with Crippen molar-refractivity contribution < 1.29 is 33.3 Å². The van der Waals surface area contributed by atoms with Gasteiger partial charge in [-0.25, -0.2) is 15.0 Å². The lowest BCUT2D eigenvalue weighted by Gasteiger charge is -2.30. The number of nitrogens with one attached hydrogen (secondary N) is 3. The Morgan fingerprint density at radius 2 is 1.68 bits per heavy atom. The van der Waals surface area contributed by atoms with Crippen molar-refractivity contribution in [2.24, 2.45) is 5.10 Å². The second-order valence-corrected chi connectivity index (χ2v) is 11.2. The molecule has 0 aromatic heterocycles. The number of rotatable bonds is 13. The van der Waals surface area contributed by atoms with Crippen LogP contribution in [0.25, 0.3) is 0 Å². The zero-order valence-electron chi connectivity index (χ0n) is 25.7. The van der Waals surface area contributed by atoms with E-state index in [4.69, 9.17) is 54.4 Å².